The van der Waals surface area contributed by atoms with Gasteiger partial charge in [-0.1, -0.05) is 12.1 Å². The normalized spacial score (nSPS) is 13.7. The van der Waals surface area contributed by atoms with Crippen molar-refractivity contribution in [3.63, 3.8) is 0 Å². The van der Waals surface area contributed by atoms with E-state index in [2.05, 4.69) is 0 Å². The third kappa shape index (κ3) is 4.32. The lowest BCUT2D eigenvalue weighted by Gasteiger charge is -2.18. The van der Waals surface area contributed by atoms with Crippen molar-refractivity contribution in [2.24, 2.45) is 0 Å². The predicted molar refractivity (Wildman–Crippen MR) is 58.9 cm³/mol. The lowest BCUT2D eigenvalue weighted by atomic mass is 10.1. The van der Waals surface area contributed by atoms with Crippen LogP contribution in [0.15, 0.2) is 24.3 Å². The Morgan fingerprint density at radius 3 is 2.60 bits per heavy atom. The van der Waals surface area contributed by atoms with Gasteiger partial charge in [-0.2, -0.15) is 0 Å². The Morgan fingerprint density at radius 2 is 2.07 bits per heavy atom. The highest BCUT2D eigenvalue weighted by Crippen LogP contribution is 2.19. The summed E-state index contributed by atoms with van der Waals surface area (Å²) in [7, 11) is 0. The van der Waals surface area contributed by atoms with Crippen LogP contribution in [0.2, 0.25) is 0 Å². The highest BCUT2D eigenvalue weighted by atomic mass is 16.5. The molecule has 0 aliphatic heterocycles. The van der Waals surface area contributed by atoms with Crippen molar-refractivity contribution in [3.05, 3.63) is 29.8 Å². The molecule has 1 rings (SSSR count). The van der Waals surface area contributed by atoms with Crippen molar-refractivity contribution in [2.45, 2.75) is 32.5 Å². The maximum Gasteiger partial charge on any atom is 0.119 e. The maximum atomic E-state index is 9.48. The first-order chi connectivity index (χ1) is 6.88. The number of benzene rings is 1. The summed E-state index contributed by atoms with van der Waals surface area (Å²) in [6, 6.07) is 7.23. The summed E-state index contributed by atoms with van der Waals surface area (Å²) in [6.45, 7) is 5.31. The number of hydrogen-bond donors (Lipinski definition) is 2. The smallest absolute Gasteiger partial charge is 0.119 e. The van der Waals surface area contributed by atoms with E-state index in [1.54, 1.807) is 32.9 Å². The van der Waals surface area contributed by atoms with Gasteiger partial charge in [0.15, 0.2) is 0 Å². The summed E-state index contributed by atoms with van der Waals surface area (Å²) in [5.41, 5.74) is -0.0378. The Labute approximate surface area is 90.3 Å². The molecule has 0 bridgehead atoms. The molecule has 0 aromatic heterocycles. The SMILES string of the molecule is C[C@H](O)c1cccc(OCC(C)(C)O)c1. The topological polar surface area (TPSA) is 49.7 Å². The average molecular weight is 210 g/mol. The van der Waals surface area contributed by atoms with Crippen molar-refractivity contribution in [1.82, 2.24) is 0 Å². The van der Waals surface area contributed by atoms with E-state index in [1.807, 2.05) is 12.1 Å². The molecule has 0 saturated heterocycles. The Hall–Kier alpha value is -1.06. The van der Waals surface area contributed by atoms with Gasteiger partial charge in [-0.05, 0) is 38.5 Å². The summed E-state index contributed by atoms with van der Waals surface area (Å²) in [5.74, 6) is 0.663. The lowest BCUT2D eigenvalue weighted by Crippen LogP contribution is -2.27. The van der Waals surface area contributed by atoms with Crippen LogP contribution in [0.5, 0.6) is 5.75 Å². The number of aliphatic hydroxyl groups excluding tert-OH is 1. The van der Waals surface area contributed by atoms with Crippen molar-refractivity contribution in [1.29, 1.82) is 0 Å². The van der Waals surface area contributed by atoms with Gasteiger partial charge < -0.3 is 14.9 Å². The van der Waals surface area contributed by atoms with Gasteiger partial charge in [-0.3, -0.25) is 0 Å². The zero-order valence-corrected chi connectivity index (χ0v) is 9.40. The number of hydrogen-bond acceptors (Lipinski definition) is 3. The molecule has 0 spiro atoms. The molecule has 1 aromatic carbocycles. The molecule has 2 N–H and O–H groups in total. The minimum atomic E-state index is -0.846. The van der Waals surface area contributed by atoms with Gasteiger partial charge in [0.25, 0.3) is 0 Å². The van der Waals surface area contributed by atoms with E-state index in [0.29, 0.717) is 5.75 Å². The predicted octanol–water partition coefficient (Wildman–Crippen LogP) is 1.89. The molecule has 3 heteroatoms. The number of rotatable bonds is 4. The molecule has 0 fully saturated rings. The summed E-state index contributed by atoms with van der Waals surface area (Å²) in [4.78, 5) is 0. The van der Waals surface area contributed by atoms with E-state index >= 15 is 0 Å². The molecule has 0 saturated carbocycles. The molecule has 0 heterocycles. The molecule has 1 atom stereocenters. The molecule has 0 aliphatic rings. The summed E-state index contributed by atoms with van der Waals surface area (Å²) in [5, 5.41) is 18.9. The van der Waals surface area contributed by atoms with Crippen molar-refractivity contribution >= 4 is 0 Å². The molecular formula is C12H18O3. The van der Waals surface area contributed by atoms with Crippen molar-refractivity contribution in [2.75, 3.05) is 6.61 Å². The van der Waals surface area contributed by atoms with E-state index < -0.39 is 11.7 Å². The van der Waals surface area contributed by atoms with Crippen molar-refractivity contribution < 1.29 is 14.9 Å². The Bertz CT molecular complexity index is 313. The van der Waals surface area contributed by atoms with Crippen LogP contribution >= 0.6 is 0 Å². The second-order valence-corrected chi connectivity index (χ2v) is 4.35. The molecular weight excluding hydrogens is 192 g/mol. The van der Waals surface area contributed by atoms with Crippen LogP contribution in [0.4, 0.5) is 0 Å². The second-order valence-electron chi connectivity index (χ2n) is 4.35. The van der Waals surface area contributed by atoms with Crippen LogP contribution < -0.4 is 4.74 Å². The Balaban J connectivity index is 2.66. The molecule has 0 amide bonds. The zero-order valence-electron chi connectivity index (χ0n) is 9.40. The molecule has 0 radical (unpaired) electrons. The fraction of sp³-hybridized carbons (Fsp3) is 0.500. The van der Waals surface area contributed by atoms with Crippen molar-refractivity contribution in [3.8, 4) is 5.75 Å². The molecule has 0 aliphatic carbocycles. The van der Waals surface area contributed by atoms with E-state index in [1.165, 1.54) is 0 Å². The van der Waals surface area contributed by atoms with Gasteiger partial charge in [0.2, 0.25) is 0 Å². The van der Waals surface area contributed by atoms with Gasteiger partial charge in [0.1, 0.15) is 12.4 Å². The molecule has 84 valence electrons. The van der Waals surface area contributed by atoms with E-state index in [-0.39, 0.29) is 6.61 Å². The van der Waals surface area contributed by atoms with Crippen LogP contribution in [0, 0.1) is 0 Å². The summed E-state index contributed by atoms with van der Waals surface area (Å²) < 4.78 is 5.40. The van der Waals surface area contributed by atoms with Crippen LogP contribution in [0.3, 0.4) is 0 Å². The fourth-order valence-corrected chi connectivity index (χ4v) is 1.12. The van der Waals surface area contributed by atoms with Crippen LogP contribution in [0.25, 0.3) is 0 Å². The minimum Gasteiger partial charge on any atom is -0.491 e. The average Bonchev–Trinajstić information content (AvgIpc) is 2.14. The van der Waals surface area contributed by atoms with E-state index in [9.17, 15) is 10.2 Å². The van der Waals surface area contributed by atoms with Crippen LogP contribution in [-0.4, -0.2) is 22.4 Å². The number of aliphatic hydroxyl groups is 2. The maximum absolute atomic E-state index is 9.48. The first-order valence-electron chi connectivity index (χ1n) is 5.02. The highest BCUT2D eigenvalue weighted by molar-refractivity contribution is 5.29. The van der Waals surface area contributed by atoms with Gasteiger partial charge in [-0.15, -0.1) is 0 Å². The quantitative estimate of drug-likeness (QED) is 0.797. The van der Waals surface area contributed by atoms with Gasteiger partial charge in [0.05, 0.1) is 11.7 Å². The van der Waals surface area contributed by atoms with E-state index in [0.717, 1.165) is 5.56 Å². The third-order valence-electron chi connectivity index (χ3n) is 1.93. The molecule has 3 nitrogen and oxygen atoms in total. The first-order valence-corrected chi connectivity index (χ1v) is 5.02. The number of ether oxygens (including phenoxy) is 1. The largest absolute Gasteiger partial charge is 0.491 e. The standard InChI is InChI=1S/C12H18O3/c1-9(13)10-5-4-6-11(7-10)15-8-12(2,3)14/h4-7,9,13-14H,8H2,1-3H3/t9-/m0/s1. The molecule has 1 aromatic rings. The Morgan fingerprint density at radius 1 is 1.40 bits per heavy atom. The van der Waals surface area contributed by atoms with Crippen LogP contribution in [0.1, 0.15) is 32.4 Å². The lowest BCUT2D eigenvalue weighted by molar-refractivity contribution is 0.0284. The minimum absolute atomic E-state index is 0.232. The molecule has 15 heavy (non-hydrogen) atoms. The summed E-state index contributed by atoms with van der Waals surface area (Å²) in [6.07, 6.45) is -0.504. The zero-order chi connectivity index (χ0) is 11.5. The fourth-order valence-electron chi connectivity index (χ4n) is 1.12. The van der Waals surface area contributed by atoms with Crippen LogP contribution in [-0.2, 0) is 0 Å². The second kappa shape index (κ2) is 4.64. The Kier molecular flexibility index (Phi) is 3.72. The molecule has 0 unspecified atom stereocenters. The van der Waals surface area contributed by atoms with E-state index in [4.69, 9.17) is 4.74 Å². The van der Waals surface area contributed by atoms with Gasteiger partial charge in [0, 0.05) is 0 Å². The monoisotopic (exact) mass is 210 g/mol. The van der Waals surface area contributed by atoms with Gasteiger partial charge in [-0.25, -0.2) is 0 Å². The van der Waals surface area contributed by atoms with Gasteiger partial charge >= 0.3 is 0 Å². The summed E-state index contributed by atoms with van der Waals surface area (Å²) >= 11 is 0. The highest BCUT2D eigenvalue weighted by Gasteiger charge is 2.13. The third-order valence-corrected chi connectivity index (χ3v) is 1.93. The first kappa shape index (κ1) is 12.0.